The fourth-order valence-corrected chi connectivity index (χ4v) is 2.80. The van der Waals surface area contributed by atoms with Crippen LogP contribution in [0.15, 0.2) is 11.4 Å². The van der Waals surface area contributed by atoms with Gasteiger partial charge in [0.05, 0.1) is 6.61 Å². The van der Waals surface area contributed by atoms with Crippen molar-refractivity contribution >= 4 is 11.3 Å². The molecule has 108 valence electrons. The minimum absolute atomic E-state index is 0.872. The number of hydrogen-bond donors (Lipinski definition) is 1. The first-order valence-corrected chi connectivity index (χ1v) is 8.13. The number of aryl methyl sites for hydroxylation is 1. The normalized spacial score (nSPS) is 15.3. The van der Waals surface area contributed by atoms with Crippen molar-refractivity contribution < 1.29 is 4.74 Å². The summed E-state index contributed by atoms with van der Waals surface area (Å²) in [7, 11) is 2.17. The smallest absolute Gasteiger partial charge is 0.0593 e. The average molecular weight is 282 g/mol. The summed E-state index contributed by atoms with van der Waals surface area (Å²) in [5.74, 6) is 0.876. The van der Waals surface area contributed by atoms with Crippen molar-refractivity contribution in [3.8, 4) is 0 Å². The summed E-state index contributed by atoms with van der Waals surface area (Å²) in [6.45, 7) is 8.17. The minimum Gasteiger partial charge on any atom is -0.380 e. The maximum Gasteiger partial charge on any atom is 0.0593 e. The topological polar surface area (TPSA) is 24.5 Å². The van der Waals surface area contributed by atoms with Crippen molar-refractivity contribution in [1.29, 1.82) is 0 Å². The van der Waals surface area contributed by atoms with Crippen molar-refractivity contribution in [3.63, 3.8) is 0 Å². The largest absolute Gasteiger partial charge is 0.380 e. The fraction of sp³-hybridized carbons (Fsp3) is 0.733. The Bertz CT molecular complexity index is 363. The van der Waals surface area contributed by atoms with Crippen LogP contribution in [0.2, 0.25) is 0 Å². The Morgan fingerprint density at radius 2 is 2.26 bits per heavy atom. The molecule has 0 atom stereocenters. The first-order valence-electron chi connectivity index (χ1n) is 7.25. The first-order chi connectivity index (χ1) is 9.25. The predicted molar refractivity (Wildman–Crippen MR) is 81.8 cm³/mol. The average Bonchev–Trinajstić information content (AvgIpc) is 3.13. The third kappa shape index (κ3) is 6.04. The van der Waals surface area contributed by atoms with E-state index in [1.807, 2.05) is 11.3 Å². The van der Waals surface area contributed by atoms with Crippen LogP contribution in [0.3, 0.4) is 0 Å². The van der Waals surface area contributed by atoms with Crippen LogP contribution in [0.5, 0.6) is 0 Å². The number of nitrogens with zero attached hydrogens (tertiary/aromatic N) is 1. The van der Waals surface area contributed by atoms with Crippen LogP contribution in [0.4, 0.5) is 0 Å². The highest BCUT2D eigenvalue weighted by atomic mass is 32.1. The van der Waals surface area contributed by atoms with Gasteiger partial charge in [-0.05, 0) is 49.7 Å². The lowest BCUT2D eigenvalue weighted by molar-refractivity contribution is 0.104. The van der Waals surface area contributed by atoms with E-state index in [0.717, 1.165) is 45.3 Å². The molecular weight excluding hydrogens is 256 g/mol. The van der Waals surface area contributed by atoms with Gasteiger partial charge in [-0.25, -0.2) is 0 Å². The molecule has 1 aromatic rings. The lowest BCUT2D eigenvalue weighted by atomic mass is 10.3. The number of ether oxygens (including phenoxy) is 1. The van der Waals surface area contributed by atoms with Gasteiger partial charge in [0.2, 0.25) is 0 Å². The van der Waals surface area contributed by atoms with Gasteiger partial charge in [0.1, 0.15) is 0 Å². The van der Waals surface area contributed by atoms with Gasteiger partial charge in [-0.1, -0.05) is 0 Å². The molecule has 1 fully saturated rings. The molecule has 2 rings (SSSR count). The van der Waals surface area contributed by atoms with E-state index in [-0.39, 0.29) is 0 Å². The van der Waals surface area contributed by atoms with E-state index in [1.54, 1.807) is 0 Å². The molecule has 4 heteroatoms. The summed E-state index contributed by atoms with van der Waals surface area (Å²) < 4.78 is 5.65. The number of nitrogens with one attached hydrogen (secondary N) is 1. The molecule has 1 aliphatic rings. The summed E-state index contributed by atoms with van der Waals surface area (Å²) in [4.78, 5) is 3.79. The van der Waals surface area contributed by atoms with Crippen LogP contribution in [0.1, 0.15) is 23.3 Å². The van der Waals surface area contributed by atoms with E-state index < -0.39 is 0 Å². The summed E-state index contributed by atoms with van der Waals surface area (Å²) in [6, 6.07) is 2.19. The molecule has 0 aliphatic heterocycles. The van der Waals surface area contributed by atoms with Crippen molar-refractivity contribution in [2.45, 2.75) is 26.3 Å². The van der Waals surface area contributed by atoms with E-state index in [9.17, 15) is 0 Å². The zero-order valence-corrected chi connectivity index (χ0v) is 13.0. The van der Waals surface area contributed by atoms with Gasteiger partial charge in [0.15, 0.2) is 0 Å². The molecule has 0 spiro atoms. The molecule has 0 unspecified atom stereocenters. The fourth-order valence-electron chi connectivity index (χ4n) is 1.92. The number of likely N-dealkylation sites (N-methyl/N-ethyl adjacent to an activating group) is 1. The van der Waals surface area contributed by atoms with Crippen molar-refractivity contribution in [3.05, 3.63) is 21.9 Å². The predicted octanol–water partition coefficient (Wildman–Crippen LogP) is 2.50. The van der Waals surface area contributed by atoms with Gasteiger partial charge in [-0.3, -0.25) is 0 Å². The molecule has 1 heterocycles. The quantitative estimate of drug-likeness (QED) is 0.667. The minimum atomic E-state index is 0.872. The van der Waals surface area contributed by atoms with E-state index >= 15 is 0 Å². The highest BCUT2D eigenvalue weighted by Crippen LogP contribution is 2.28. The Balaban J connectivity index is 1.44. The van der Waals surface area contributed by atoms with Crippen LogP contribution in [0, 0.1) is 12.8 Å². The van der Waals surface area contributed by atoms with Gasteiger partial charge in [0, 0.05) is 37.7 Å². The van der Waals surface area contributed by atoms with Gasteiger partial charge >= 0.3 is 0 Å². The van der Waals surface area contributed by atoms with Crippen LogP contribution in [-0.2, 0) is 11.3 Å². The van der Waals surface area contributed by atoms with E-state index in [1.165, 1.54) is 23.3 Å². The highest BCUT2D eigenvalue weighted by Gasteiger charge is 2.20. The first kappa shape index (κ1) is 15.0. The third-order valence-corrected chi connectivity index (χ3v) is 4.61. The molecule has 19 heavy (non-hydrogen) atoms. The van der Waals surface area contributed by atoms with Crippen molar-refractivity contribution in [2.24, 2.45) is 5.92 Å². The summed E-state index contributed by atoms with van der Waals surface area (Å²) in [6.07, 6.45) is 2.75. The van der Waals surface area contributed by atoms with Gasteiger partial charge in [-0.15, -0.1) is 11.3 Å². The van der Waals surface area contributed by atoms with E-state index in [0.29, 0.717) is 0 Å². The van der Waals surface area contributed by atoms with Crippen LogP contribution < -0.4 is 5.32 Å². The maximum atomic E-state index is 5.65. The molecule has 1 aromatic heterocycles. The SMILES string of the molecule is Cc1ccsc1CNCCN(C)CCOCC1CC1. The standard InChI is InChI=1S/C15H26N2OS/c1-13-5-10-19-15(13)11-16-6-7-17(2)8-9-18-12-14-3-4-14/h5,10,14,16H,3-4,6-9,11-12H2,1-2H3. The Labute approximate surface area is 121 Å². The van der Waals surface area contributed by atoms with Crippen LogP contribution in [-0.4, -0.2) is 44.8 Å². The summed E-state index contributed by atoms with van der Waals surface area (Å²) in [5, 5.41) is 5.67. The number of rotatable bonds is 10. The lowest BCUT2D eigenvalue weighted by Gasteiger charge is -2.16. The van der Waals surface area contributed by atoms with Gasteiger partial charge in [0.25, 0.3) is 0 Å². The van der Waals surface area contributed by atoms with Gasteiger partial charge in [-0.2, -0.15) is 0 Å². The molecule has 0 radical (unpaired) electrons. The zero-order chi connectivity index (χ0) is 13.5. The molecule has 1 saturated carbocycles. The monoisotopic (exact) mass is 282 g/mol. The molecule has 1 N–H and O–H groups in total. The summed E-state index contributed by atoms with van der Waals surface area (Å²) in [5.41, 5.74) is 1.40. The molecule has 0 saturated heterocycles. The van der Waals surface area contributed by atoms with Crippen molar-refractivity contribution in [2.75, 3.05) is 39.9 Å². The van der Waals surface area contributed by atoms with Crippen LogP contribution >= 0.6 is 11.3 Å². The van der Waals surface area contributed by atoms with Crippen LogP contribution in [0.25, 0.3) is 0 Å². The highest BCUT2D eigenvalue weighted by molar-refractivity contribution is 7.10. The molecular formula is C15H26N2OS. The Kier molecular flexibility index (Phi) is 6.31. The molecule has 0 bridgehead atoms. The number of thiophene rings is 1. The lowest BCUT2D eigenvalue weighted by Crippen LogP contribution is -2.31. The van der Waals surface area contributed by atoms with Gasteiger partial charge < -0.3 is 15.0 Å². The third-order valence-electron chi connectivity index (χ3n) is 3.59. The molecule has 3 nitrogen and oxygen atoms in total. The Morgan fingerprint density at radius 3 is 2.95 bits per heavy atom. The number of hydrogen-bond acceptors (Lipinski definition) is 4. The summed E-state index contributed by atoms with van der Waals surface area (Å²) >= 11 is 1.84. The zero-order valence-electron chi connectivity index (χ0n) is 12.2. The Hall–Kier alpha value is -0.420. The second-order valence-electron chi connectivity index (χ2n) is 5.53. The molecule has 1 aliphatic carbocycles. The second kappa shape index (κ2) is 8.00. The maximum absolute atomic E-state index is 5.65. The Morgan fingerprint density at radius 1 is 1.42 bits per heavy atom. The molecule has 0 amide bonds. The van der Waals surface area contributed by atoms with E-state index in [4.69, 9.17) is 4.74 Å². The van der Waals surface area contributed by atoms with E-state index in [2.05, 4.69) is 35.6 Å². The van der Waals surface area contributed by atoms with Crippen molar-refractivity contribution in [1.82, 2.24) is 10.2 Å². The molecule has 0 aromatic carbocycles. The second-order valence-corrected chi connectivity index (χ2v) is 6.53.